The molecule has 162 valence electrons. The zero-order valence-corrected chi connectivity index (χ0v) is 19.4. The van der Waals surface area contributed by atoms with Crippen molar-refractivity contribution in [3.8, 4) is 11.1 Å². The first-order valence-electron chi connectivity index (χ1n) is 11.9. The van der Waals surface area contributed by atoms with Gasteiger partial charge in [-0.25, -0.2) is 0 Å². The molecule has 4 aromatic rings. The van der Waals surface area contributed by atoms with Crippen molar-refractivity contribution in [1.29, 1.82) is 0 Å². The van der Waals surface area contributed by atoms with Gasteiger partial charge in [0.25, 0.3) is 0 Å². The van der Waals surface area contributed by atoms with E-state index in [9.17, 15) is 5.11 Å². The summed E-state index contributed by atoms with van der Waals surface area (Å²) in [4.78, 5) is 0. The van der Waals surface area contributed by atoms with Crippen LogP contribution in [0.3, 0.4) is 0 Å². The minimum atomic E-state index is 0.0736. The van der Waals surface area contributed by atoms with Crippen molar-refractivity contribution in [1.82, 2.24) is 0 Å². The summed E-state index contributed by atoms with van der Waals surface area (Å²) in [5, 5.41) is 14.9. The highest BCUT2D eigenvalue weighted by atomic mass is 32.1. The smallest absolute Gasteiger partial charge is 0.156 e. The molecule has 0 fully saturated rings. The maximum absolute atomic E-state index is 9.71. The first kappa shape index (κ1) is 20.4. The number of aliphatic hydroxyl groups excluding tert-OH is 1. The second kappa shape index (κ2) is 8.28. The van der Waals surface area contributed by atoms with Crippen LogP contribution >= 0.6 is 12.2 Å². The van der Waals surface area contributed by atoms with E-state index in [0.717, 1.165) is 12.8 Å². The Morgan fingerprint density at radius 1 is 0.818 bits per heavy atom. The molecule has 0 atom stereocenters. The first-order valence-corrected chi connectivity index (χ1v) is 12.3. The van der Waals surface area contributed by atoms with Gasteiger partial charge in [0.2, 0.25) is 0 Å². The van der Waals surface area contributed by atoms with Crippen molar-refractivity contribution >= 4 is 44.4 Å². The van der Waals surface area contributed by atoms with E-state index in [1.54, 1.807) is 5.57 Å². The highest BCUT2D eigenvalue weighted by Crippen LogP contribution is 2.41. The summed E-state index contributed by atoms with van der Waals surface area (Å²) in [5.74, 6) is 0. The van der Waals surface area contributed by atoms with E-state index in [0.29, 0.717) is 6.42 Å². The van der Waals surface area contributed by atoms with Gasteiger partial charge in [-0.05, 0) is 105 Å². The molecule has 1 nitrogen and oxygen atoms in total. The Bertz CT molecular complexity index is 1490. The number of thiocarbonyl (C=S) groups is 1. The third-order valence-electron chi connectivity index (χ3n) is 7.32. The summed E-state index contributed by atoms with van der Waals surface area (Å²) in [6, 6.07) is 24.5. The SMILES string of the molecule is OC(=S)CCc1c(-c2ccc3c4c(ccc3c2)C2=C(CCC=C2)CC4)ccc2ccccc12. The summed E-state index contributed by atoms with van der Waals surface area (Å²) < 4.78 is 0. The largest absolute Gasteiger partial charge is 0.502 e. The van der Waals surface area contributed by atoms with Crippen molar-refractivity contribution in [3.05, 3.63) is 101 Å². The molecule has 4 aromatic carbocycles. The van der Waals surface area contributed by atoms with E-state index in [-0.39, 0.29) is 5.05 Å². The molecular formula is C31H26OS. The average molecular weight is 447 g/mol. The van der Waals surface area contributed by atoms with Gasteiger partial charge in [-0.2, -0.15) is 0 Å². The molecule has 0 aromatic heterocycles. The molecule has 6 rings (SSSR count). The van der Waals surface area contributed by atoms with Crippen LogP contribution < -0.4 is 0 Å². The molecule has 0 aliphatic heterocycles. The van der Waals surface area contributed by atoms with E-state index in [1.807, 2.05) is 0 Å². The zero-order valence-electron chi connectivity index (χ0n) is 18.6. The van der Waals surface area contributed by atoms with Crippen LogP contribution in [0, 0.1) is 0 Å². The predicted molar refractivity (Wildman–Crippen MR) is 144 cm³/mol. The summed E-state index contributed by atoms with van der Waals surface area (Å²) in [5.41, 5.74) is 9.71. The number of rotatable bonds is 4. The average Bonchev–Trinajstić information content (AvgIpc) is 2.86. The topological polar surface area (TPSA) is 20.2 Å². The van der Waals surface area contributed by atoms with Crippen LogP contribution in [-0.2, 0) is 12.8 Å². The number of benzene rings is 4. The lowest BCUT2D eigenvalue weighted by Crippen LogP contribution is -2.07. The fourth-order valence-electron chi connectivity index (χ4n) is 5.72. The number of aliphatic hydroxyl groups is 1. The molecule has 0 heterocycles. The van der Waals surface area contributed by atoms with E-state index >= 15 is 0 Å². The molecule has 0 saturated heterocycles. The van der Waals surface area contributed by atoms with Crippen LogP contribution in [0.25, 0.3) is 38.2 Å². The van der Waals surface area contributed by atoms with Crippen molar-refractivity contribution < 1.29 is 5.11 Å². The molecule has 33 heavy (non-hydrogen) atoms. The standard InChI is InChI=1S/C31H26OS/c32-31(33)18-17-28-24-7-3-1-5-20(24)9-13-26(28)22-11-14-27-23(19-22)12-16-29-25-8-4-2-6-21(25)10-15-30(27)29/h1,3-5,7-9,11-14,16,19H,2,6,10,15,17-18H2,(H,32,33). The first-order chi connectivity index (χ1) is 16.2. The molecule has 2 aliphatic rings. The summed E-state index contributed by atoms with van der Waals surface area (Å²) in [7, 11) is 0. The Balaban J connectivity index is 1.49. The highest BCUT2D eigenvalue weighted by Gasteiger charge is 2.21. The molecule has 0 bridgehead atoms. The monoisotopic (exact) mass is 446 g/mol. The zero-order chi connectivity index (χ0) is 22.4. The lowest BCUT2D eigenvalue weighted by atomic mass is 9.79. The van der Waals surface area contributed by atoms with Crippen molar-refractivity contribution in [2.24, 2.45) is 0 Å². The molecular weight excluding hydrogens is 420 g/mol. The van der Waals surface area contributed by atoms with E-state index in [4.69, 9.17) is 12.2 Å². The van der Waals surface area contributed by atoms with Gasteiger partial charge in [0.1, 0.15) is 0 Å². The summed E-state index contributed by atoms with van der Waals surface area (Å²) in [6.07, 6.45) is 10.6. The molecule has 0 amide bonds. The molecule has 2 aliphatic carbocycles. The lowest BCUT2D eigenvalue weighted by molar-refractivity contribution is 0.548. The van der Waals surface area contributed by atoms with Crippen molar-refractivity contribution in [2.75, 3.05) is 0 Å². The maximum Gasteiger partial charge on any atom is 0.156 e. The van der Waals surface area contributed by atoms with Crippen LogP contribution in [0.1, 0.15) is 42.4 Å². The maximum atomic E-state index is 9.71. The Kier molecular flexibility index (Phi) is 5.11. The number of allylic oxidation sites excluding steroid dienone is 4. The van der Waals surface area contributed by atoms with Crippen molar-refractivity contribution in [3.63, 3.8) is 0 Å². The van der Waals surface area contributed by atoms with Gasteiger partial charge in [-0.15, -0.1) is 0 Å². The van der Waals surface area contributed by atoms with Crippen LogP contribution in [-0.4, -0.2) is 10.2 Å². The van der Waals surface area contributed by atoms with E-state index in [2.05, 4.69) is 78.9 Å². The number of hydrogen-bond acceptors (Lipinski definition) is 1. The third-order valence-corrected chi connectivity index (χ3v) is 7.52. The number of aryl methyl sites for hydroxylation is 2. The van der Waals surface area contributed by atoms with Gasteiger partial charge in [-0.3, -0.25) is 0 Å². The second-order valence-corrected chi connectivity index (χ2v) is 9.66. The van der Waals surface area contributed by atoms with Gasteiger partial charge in [0, 0.05) is 6.42 Å². The Labute approximate surface area is 200 Å². The quantitative estimate of drug-likeness (QED) is 0.317. The molecule has 0 radical (unpaired) electrons. The van der Waals surface area contributed by atoms with Crippen LogP contribution in [0.5, 0.6) is 0 Å². The van der Waals surface area contributed by atoms with E-state index < -0.39 is 0 Å². The Morgan fingerprint density at radius 3 is 2.58 bits per heavy atom. The van der Waals surface area contributed by atoms with Gasteiger partial charge in [0.05, 0.1) is 0 Å². The Hall–Kier alpha value is -3.23. The van der Waals surface area contributed by atoms with E-state index in [1.165, 1.54) is 74.2 Å². The van der Waals surface area contributed by atoms with Gasteiger partial charge < -0.3 is 5.11 Å². The molecule has 0 spiro atoms. The highest BCUT2D eigenvalue weighted by molar-refractivity contribution is 7.80. The predicted octanol–water partition coefficient (Wildman–Crippen LogP) is 8.53. The fourth-order valence-corrected chi connectivity index (χ4v) is 5.82. The Morgan fingerprint density at radius 2 is 1.67 bits per heavy atom. The summed E-state index contributed by atoms with van der Waals surface area (Å²) >= 11 is 4.99. The fraction of sp³-hybridized carbons (Fsp3) is 0.194. The lowest BCUT2D eigenvalue weighted by Gasteiger charge is -2.25. The minimum absolute atomic E-state index is 0.0736. The van der Waals surface area contributed by atoms with Crippen LogP contribution in [0.2, 0.25) is 0 Å². The van der Waals surface area contributed by atoms with Crippen LogP contribution in [0.4, 0.5) is 0 Å². The molecule has 0 saturated carbocycles. The summed E-state index contributed by atoms with van der Waals surface area (Å²) in [6.45, 7) is 0. The van der Waals surface area contributed by atoms with Gasteiger partial charge >= 0.3 is 0 Å². The minimum Gasteiger partial charge on any atom is -0.502 e. The molecule has 2 heteroatoms. The number of fused-ring (bicyclic) bond motifs is 5. The third kappa shape index (κ3) is 3.59. The van der Waals surface area contributed by atoms with Crippen LogP contribution in [0.15, 0.2) is 84.5 Å². The van der Waals surface area contributed by atoms with Gasteiger partial charge in [0.15, 0.2) is 5.05 Å². The van der Waals surface area contributed by atoms with Gasteiger partial charge in [-0.1, -0.05) is 78.4 Å². The molecule has 0 unspecified atom stereocenters. The normalized spacial score (nSPS) is 15.0. The van der Waals surface area contributed by atoms with Crippen molar-refractivity contribution in [2.45, 2.75) is 38.5 Å². The number of hydrogen-bond donors (Lipinski definition) is 1. The second-order valence-electron chi connectivity index (χ2n) is 9.19. The molecule has 1 N–H and O–H groups in total.